The third-order valence-electron chi connectivity index (χ3n) is 20.5. The van der Waals surface area contributed by atoms with E-state index in [0.29, 0.717) is 38.5 Å². The quantitative estimate of drug-likeness (QED) is 0.0293. The lowest BCUT2D eigenvalue weighted by atomic mass is 9.41. The number of Topliss-reactive ketones (excluding diaryl/α,β-unsaturated/α-hetero) is 1. The molecule has 27 atom stereocenters. The van der Waals surface area contributed by atoms with Crippen LogP contribution in [0.15, 0.2) is 23.8 Å². The van der Waals surface area contributed by atoms with Crippen LogP contribution in [0.3, 0.4) is 0 Å². The van der Waals surface area contributed by atoms with Crippen molar-refractivity contribution >= 4 is 42.9 Å². The molecule has 1 spiro atoms. The summed E-state index contributed by atoms with van der Waals surface area (Å²) in [5.41, 5.74) is -1.66. The molecule has 0 radical (unpaired) electrons. The molecular weight excluding hydrogens is 1240 g/mol. The number of esters is 1. The van der Waals surface area contributed by atoms with Crippen molar-refractivity contribution < 1.29 is 144 Å². The van der Waals surface area contributed by atoms with Gasteiger partial charge in [0.25, 0.3) is 0 Å². The monoisotopic (exact) mass is 1320 g/mol. The van der Waals surface area contributed by atoms with Crippen molar-refractivity contribution in [3.05, 3.63) is 23.8 Å². The number of carbonyl (C=O) groups excluding carboxylic acids is 2. The topological polar surface area (TPSA) is 459 Å². The van der Waals surface area contributed by atoms with Gasteiger partial charge >= 0.3 is 37.2 Å². The smallest absolute Gasteiger partial charge is 0.397 e. The molecule has 9 aliphatic rings. The van der Waals surface area contributed by atoms with Crippen molar-refractivity contribution in [2.75, 3.05) is 26.9 Å². The molecule has 10 N–H and O–H groups in total. The summed E-state index contributed by atoms with van der Waals surface area (Å²) in [6.45, 7) is 14.5. The number of carbonyl (C=O) groups is 2. The van der Waals surface area contributed by atoms with Crippen LogP contribution in [0.2, 0.25) is 0 Å². The maximum absolute atomic E-state index is 14.4. The molecule has 0 bridgehead atoms. The van der Waals surface area contributed by atoms with Crippen LogP contribution in [0.1, 0.15) is 106 Å². The molecule has 31 nitrogen and oxygen atoms in total. The highest BCUT2D eigenvalue weighted by Crippen LogP contribution is 2.75. The van der Waals surface area contributed by atoms with Gasteiger partial charge in [-0.05, 0) is 100 Å². The van der Waals surface area contributed by atoms with Gasteiger partial charge in [0, 0.05) is 13.5 Å². The molecule has 3 saturated carbocycles. The minimum atomic E-state index is -5.25. The number of methoxy groups -OCH3 is 1. The maximum Gasteiger partial charge on any atom is 0.397 e. The van der Waals surface area contributed by atoms with Crippen LogP contribution < -0.4 is 0 Å². The van der Waals surface area contributed by atoms with E-state index in [9.17, 15) is 79.7 Å². The molecular formula is C54H84O31S3. The van der Waals surface area contributed by atoms with Gasteiger partial charge < -0.3 is 83.1 Å². The van der Waals surface area contributed by atoms with Crippen LogP contribution in [0.25, 0.3) is 0 Å². The van der Waals surface area contributed by atoms with Gasteiger partial charge in [-0.15, -0.1) is 6.58 Å². The fourth-order valence-corrected chi connectivity index (χ4v) is 17.4. The van der Waals surface area contributed by atoms with Crippen molar-refractivity contribution in [1.29, 1.82) is 0 Å². The number of rotatable bonds is 21. The van der Waals surface area contributed by atoms with E-state index in [1.54, 1.807) is 0 Å². The van der Waals surface area contributed by atoms with Crippen molar-refractivity contribution in [3.8, 4) is 0 Å². The zero-order chi connectivity index (χ0) is 65.0. The van der Waals surface area contributed by atoms with Gasteiger partial charge in [0.2, 0.25) is 0 Å². The number of ether oxygens (including phenoxy) is 10. The minimum absolute atomic E-state index is 0.0373. The Labute approximate surface area is 510 Å². The van der Waals surface area contributed by atoms with E-state index in [-0.39, 0.29) is 30.0 Å². The van der Waals surface area contributed by atoms with Crippen molar-refractivity contribution in [1.82, 2.24) is 0 Å². The lowest BCUT2D eigenvalue weighted by molar-refractivity contribution is -0.388. The Morgan fingerprint density at radius 3 is 1.83 bits per heavy atom. The second kappa shape index (κ2) is 25.4. The average molecular weight is 1330 g/mol. The van der Waals surface area contributed by atoms with Gasteiger partial charge in [-0.25, -0.2) is 12.5 Å². The second-order valence-corrected chi connectivity index (χ2v) is 29.6. The number of hydrogen-bond acceptors (Lipinski definition) is 28. The van der Waals surface area contributed by atoms with E-state index in [1.807, 2.05) is 27.7 Å². The number of ketones is 1. The Balaban J connectivity index is 0.914. The number of hydrogen-bond donors (Lipinski definition) is 10. The first-order valence-corrected chi connectivity index (χ1v) is 33.3. The molecule has 88 heavy (non-hydrogen) atoms. The normalized spacial score (nSPS) is 47.1. The molecule has 504 valence electrons. The van der Waals surface area contributed by atoms with E-state index >= 15 is 0 Å². The summed E-state index contributed by atoms with van der Waals surface area (Å²) >= 11 is 0. The average Bonchev–Trinajstić information content (AvgIpc) is 1.44. The molecule has 0 aromatic heterocycles. The zero-order valence-corrected chi connectivity index (χ0v) is 52.3. The van der Waals surface area contributed by atoms with E-state index < -0.39 is 207 Å². The first-order valence-electron chi connectivity index (χ1n) is 29.2. The number of allylic oxidation sites excluding steroid dienone is 3. The predicted octanol–water partition coefficient (Wildman–Crippen LogP) is -0.728. The van der Waals surface area contributed by atoms with E-state index in [1.165, 1.54) is 12.5 Å². The lowest BCUT2D eigenvalue weighted by Gasteiger charge is -2.63. The minimum Gasteiger partial charge on any atom is -0.458 e. The first kappa shape index (κ1) is 69.9. The summed E-state index contributed by atoms with van der Waals surface area (Å²) < 4.78 is 171. The van der Waals surface area contributed by atoms with Crippen molar-refractivity contribution in [2.45, 2.75) is 235 Å². The van der Waals surface area contributed by atoms with Gasteiger partial charge in [-0.3, -0.25) is 23.2 Å². The molecule has 5 saturated heterocycles. The largest absolute Gasteiger partial charge is 0.458 e. The van der Waals surface area contributed by atoms with Crippen molar-refractivity contribution in [2.24, 2.45) is 39.4 Å². The van der Waals surface area contributed by atoms with Gasteiger partial charge in [0.05, 0.1) is 43.4 Å². The predicted molar refractivity (Wildman–Crippen MR) is 292 cm³/mol. The zero-order valence-electron chi connectivity index (χ0n) is 49.8. The SMILES string of the molecule is C=C(C)CCC[C@]1(C)OC(=O)[C@]23CC=C4[C@@H](CC[C@H]5C(C)(C)[C@@H](O[C@@H]6OC[C@@H](OS(=O)(=O)O)[C@H](O)[C@H]6O[C@@H]6O[C@H](C)[C@@H](O[C@@H]7O[C@H](COS(=O)(=O)O)[C@@H](O)[C@H](O[C@@H]8O[C@H](COS(=O)(=O)O)[C@@H](O)[C@H](OC)[C@H]8O)[C@H]7O)[C@H](O)[C@H]6O)CC[C@]45C)[C@]2(C)CC(=O)[C@@H]31. The van der Waals surface area contributed by atoms with E-state index in [0.717, 1.165) is 25.5 Å². The van der Waals surface area contributed by atoms with Crippen LogP contribution in [0.5, 0.6) is 0 Å². The lowest BCUT2D eigenvalue weighted by Crippen LogP contribution is -2.67. The standard InChI is InChI=1S/C54H84O31S3/c1-23(2)11-10-16-53(8)44-27(55)19-52(7)26-12-13-31-50(4,5)32(15-17-51(31,6)25(26)14-18-54(44,52)49(63)84-53)80-48-43(35(58)30(20-74-48)85-88(70,71)72)83-45-37(60)36(59)40(24(3)77-45)81-47-39(62)42(34(57)29(79-47)22-76-87(67,68)69)82-46-38(61)41(73-9)33(56)28(78-46)21-75-86(64,65)66/h14,24,26,28-48,56-62H,1,10-13,15-22H2,2-9H3,(H,64,65,66)(H,67,68,69)(H,70,71,72)/t24-,26-,28-,29-,30-,31+,32+,33-,34-,35+,36-,37-,38-,39-,40-,41+,42+,43-,44-,45+,46+,47+,48+,51-,52+,53+,54-/m1/s1. The fourth-order valence-electron chi connectivity index (χ4n) is 16.3. The third kappa shape index (κ3) is 13.1. The van der Waals surface area contributed by atoms with E-state index in [2.05, 4.69) is 34.9 Å². The molecule has 4 aliphatic carbocycles. The van der Waals surface area contributed by atoms with Crippen LogP contribution in [-0.2, 0) is 101 Å². The van der Waals surface area contributed by atoms with Gasteiger partial charge in [0.1, 0.15) is 96.8 Å². The summed E-state index contributed by atoms with van der Waals surface area (Å²) in [7, 11) is -14.6. The van der Waals surface area contributed by atoms with Crippen molar-refractivity contribution in [3.63, 3.8) is 0 Å². The number of cyclic esters (lactones) is 1. The Kier molecular flexibility index (Phi) is 20.2. The number of aliphatic hydroxyl groups is 7. The highest BCUT2D eigenvalue weighted by molar-refractivity contribution is 7.81. The molecule has 0 aromatic carbocycles. The molecule has 9 rings (SSSR count). The maximum atomic E-state index is 14.4. The Bertz CT molecular complexity index is 2970. The molecule has 0 aromatic rings. The summed E-state index contributed by atoms with van der Waals surface area (Å²) in [6, 6.07) is 0. The summed E-state index contributed by atoms with van der Waals surface area (Å²) in [6.07, 6.45) is -30.3. The molecule has 0 unspecified atom stereocenters. The van der Waals surface area contributed by atoms with Gasteiger partial charge in [0.15, 0.2) is 25.2 Å². The highest BCUT2D eigenvalue weighted by atomic mass is 32.3. The molecule has 34 heteroatoms. The van der Waals surface area contributed by atoms with Gasteiger partial charge in [-0.1, -0.05) is 44.9 Å². The summed E-state index contributed by atoms with van der Waals surface area (Å²) in [4.78, 5) is 28.8. The molecule has 0 amide bonds. The highest BCUT2D eigenvalue weighted by Gasteiger charge is 2.79. The van der Waals surface area contributed by atoms with Gasteiger partial charge in [-0.2, -0.15) is 25.3 Å². The summed E-state index contributed by atoms with van der Waals surface area (Å²) in [5.74, 6) is -1.07. The number of aliphatic hydroxyl groups excluding tert-OH is 7. The second-order valence-electron chi connectivity index (χ2n) is 26.3. The molecule has 5 aliphatic heterocycles. The third-order valence-corrected chi connectivity index (χ3v) is 21.8. The van der Waals surface area contributed by atoms with E-state index in [4.69, 9.17) is 56.1 Å². The summed E-state index contributed by atoms with van der Waals surface area (Å²) in [5, 5.41) is 80.2. The first-order chi connectivity index (χ1) is 40.7. The van der Waals surface area contributed by atoms with Crippen LogP contribution in [0, 0.1) is 39.4 Å². The molecule has 5 heterocycles. The Morgan fingerprint density at radius 2 is 1.25 bits per heavy atom. The fraction of sp³-hybridized carbons (Fsp3) is 0.889. The van der Waals surface area contributed by atoms with Crippen LogP contribution >= 0.6 is 0 Å². The Hall–Kier alpha value is -2.41. The molecule has 8 fully saturated rings. The number of fused-ring (bicyclic) bond motifs is 4. The van der Waals surface area contributed by atoms with Crippen LogP contribution in [-0.4, -0.2) is 242 Å². The Morgan fingerprint density at radius 1 is 0.682 bits per heavy atom. The van der Waals surface area contributed by atoms with Crippen LogP contribution in [0.4, 0.5) is 0 Å².